The van der Waals surface area contributed by atoms with E-state index in [1.807, 2.05) is 6.08 Å². The second-order valence-corrected chi connectivity index (χ2v) is 19.4. The van der Waals surface area contributed by atoms with Crippen LogP contribution in [0.3, 0.4) is 0 Å². The molecule has 4 saturated carbocycles. The molecule has 6 aliphatic carbocycles. The van der Waals surface area contributed by atoms with Crippen LogP contribution in [0, 0.1) is 56.7 Å². The molecule has 3 N–H and O–H groups in total. The van der Waals surface area contributed by atoms with Crippen LogP contribution in [0.4, 0.5) is 0 Å². The number of hydrogen-bond acceptors (Lipinski definition) is 5. The highest BCUT2D eigenvalue weighted by Crippen LogP contribution is 2.76. The third kappa shape index (κ3) is 5.20. The van der Waals surface area contributed by atoms with Gasteiger partial charge in [-0.25, -0.2) is 0 Å². The zero-order chi connectivity index (χ0) is 35.9. The number of carboxylic acids is 2. The number of ether oxygens (including phenoxy) is 1. The summed E-state index contributed by atoms with van der Waals surface area (Å²) in [4.78, 5) is 26.7. The van der Waals surface area contributed by atoms with E-state index in [1.54, 1.807) is 0 Å². The summed E-state index contributed by atoms with van der Waals surface area (Å²) in [6, 6.07) is 0. The van der Waals surface area contributed by atoms with Crippen molar-refractivity contribution in [3.05, 3.63) is 35.5 Å². The number of fused-ring (bicyclic) bond motifs is 7. The first kappa shape index (κ1) is 36.4. The topological polar surface area (TPSA) is 99.1 Å². The summed E-state index contributed by atoms with van der Waals surface area (Å²) in [5.74, 6) is 0.739. The lowest BCUT2D eigenvalue weighted by Crippen LogP contribution is -2.68. The fraction of sp³-hybridized carbons (Fsp3) is 0.814. The molecule has 7 rings (SSSR count). The van der Waals surface area contributed by atoms with E-state index in [-0.39, 0.29) is 34.6 Å². The number of carbonyl (C=O) groups is 2. The van der Waals surface area contributed by atoms with Crippen LogP contribution in [0.2, 0.25) is 0 Å². The summed E-state index contributed by atoms with van der Waals surface area (Å²) in [7, 11) is 0. The van der Waals surface area contributed by atoms with Crippen molar-refractivity contribution in [1.82, 2.24) is 10.2 Å². The Morgan fingerprint density at radius 3 is 2.24 bits per heavy atom. The lowest BCUT2D eigenvalue weighted by molar-refractivity contribution is -0.221. The highest BCUT2D eigenvalue weighted by molar-refractivity contribution is 5.98. The summed E-state index contributed by atoms with van der Waals surface area (Å²) in [5, 5.41) is 24.0. The van der Waals surface area contributed by atoms with Gasteiger partial charge in [0, 0.05) is 31.7 Å². The van der Waals surface area contributed by atoms with Gasteiger partial charge in [-0.05, 0) is 146 Å². The first-order valence-electron chi connectivity index (χ1n) is 20.1. The van der Waals surface area contributed by atoms with Gasteiger partial charge in [-0.2, -0.15) is 0 Å². The van der Waals surface area contributed by atoms with E-state index in [1.165, 1.54) is 68.1 Å². The van der Waals surface area contributed by atoms with E-state index in [0.29, 0.717) is 41.4 Å². The second-order valence-electron chi connectivity index (χ2n) is 19.4. The van der Waals surface area contributed by atoms with E-state index in [4.69, 9.17) is 4.74 Å². The maximum Gasteiger partial charge on any atom is 0.321 e. The molecule has 50 heavy (non-hydrogen) atoms. The number of nitrogens with zero attached hydrogens (tertiary/aromatic N) is 1. The summed E-state index contributed by atoms with van der Waals surface area (Å²) in [6.07, 6.45) is 16.5. The molecule has 1 heterocycles. The molecule has 0 spiro atoms. The molecule has 7 aliphatic rings. The van der Waals surface area contributed by atoms with Gasteiger partial charge in [0.1, 0.15) is 0 Å². The predicted octanol–water partition coefficient (Wildman–Crippen LogP) is 8.12. The van der Waals surface area contributed by atoms with E-state index in [0.717, 1.165) is 45.8 Å². The van der Waals surface area contributed by atoms with Gasteiger partial charge in [0.2, 0.25) is 0 Å². The third-order valence-corrected chi connectivity index (χ3v) is 17.3. The Balaban J connectivity index is 1.15. The van der Waals surface area contributed by atoms with Crippen molar-refractivity contribution < 1.29 is 24.5 Å². The average Bonchev–Trinajstić information content (AvgIpc) is 3.45. The number of hydrogen-bond donors (Lipinski definition) is 3. The lowest BCUT2D eigenvalue weighted by atomic mass is 9.33. The Morgan fingerprint density at radius 1 is 0.880 bits per heavy atom. The lowest BCUT2D eigenvalue weighted by Gasteiger charge is -2.72. The second kappa shape index (κ2) is 12.6. The Bertz CT molecular complexity index is 1440. The first-order valence-corrected chi connectivity index (χ1v) is 20.1. The molecule has 0 bridgehead atoms. The van der Waals surface area contributed by atoms with Crippen molar-refractivity contribution in [1.29, 1.82) is 0 Å². The van der Waals surface area contributed by atoms with Crippen LogP contribution < -0.4 is 5.32 Å². The van der Waals surface area contributed by atoms with E-state index >= 15 is 0 Å². The number of allylic oxidation sites excluding steroid dienone is 5. The largest absolute Gasteiger partial charge is 0.480 e. The molecule has 0 radical (unpaired) electrons. The molecule has 278 valence electrons. The van der Waals surface area contributed by atoms with Crippen molar-refractivity contribution >= 4 is 11.9 Å². The summed E-state index contributed by atoms with van der Waals surface area (Å²) >= 11 is 0. The predicted molar refractivity (Wildman–Crippen MR) is 198 cm³/mol. The van der Waals surface area contributed by atoms with Crippen LogP contribution in [0.5, 0.6) is 0 Å². The van der Waals surface area contributed by atoms with Crippen LogP contribution >= 0.6 is 0 Å². The molecule has 0 unspecified atom stereocenters. The zero-order valence-corrected chi connectivity index (χ0v) is 32.0. The number of aliphatic carboxylic acids is 2. The molecule has 9 atom stereocenters. The number of nitrogens with one attached hydrogen (secondary N) is 1. The van der Waals surface area contributed by atoms with Crippen molar-refractivity contribution in [3.8, 4) is 0 Å². The van der Waals surface area contributed by atoms with Gasteiger partial charge in [-0.3, -0.25) is 14.5 Å². The Hall–Kier alpha value is -1.96. The van der Waals surface area contributed by atoms with E-state index in [9.17, 15) is 19.8 Å². The van der Waals surface area contributed by atoms with Gasteiger partial charge >= 0.3 is 11.9 Å². The number of rotatable bonds is 8. The van der Waals surface area contributed by atoms with Crippen LogP contribution in [0.1, 0.15) is 119 Å². The van der Waals surface area contributed by atoms with Gasteiger partial charge in [0.05, 0.1) is 13.2 Å². The summed E-state index contributed by atoms with van der Waals surface area (Å²) < 4.78 is 5.62. The van der Waals surface area contributed by atoms with E-state index in [2.05, 4.69) is 64.4 Å². The quantitative estimate of drug-likeness (QED) is 0.175. The molecular formula is C43H66N2O5. The Kier molecular flexibility index (Phi) is 9.16. The smallest absolute Gasteiger partial charge is 0.321 e. The minimum Gasteiger partial charge on any atom is -0.480 e. The van der Waals surface area contributed by atoms with Crippen molar-refractivity contribution in [2.24, 2.45) is 56.7 Å². The molecule has 0 aromatic rings. The molecule has 0 amide bonds. The molecule has 0 aromatic carbocycles. The van der Waals surface area contributed by atoms with Crippen molar-refractivity contribution in [2.75, 3.05) is 39.4 Å². The Labute approximate surface area is 301 Å². The fourth-order valence-corrected chi connectivity index (χ4v) is 14.5. The summed E-state index contributed by atoms with van der Waals surface area (Å²) in [5.41, 5.74) is 3.18. The average molecular weight is 691 g/mol. The molecular weight excluding hydrogens is 624 g/mol. The number of morpholine rings is 1. The normalized spacial score (nSPS) is 43.7. The van der Waals surface area contributed by atoms with Crippen molar-refractivity contribution in [2.45, 2.75) is 124 Å². The zero-order valence-electron chi connectivity index (χ0n) is 32.0. The van der Waals surface area contributed by atoms with Crippen molar-refractivity contribution in [3.63, 3.8) is 0 Å². The minimum absolute atomic E-state index is 0.0486. The molecule has 5 fully saturated rings. The summed E-state index contributed by atoms with van der Waals surface area (Å²) in [6.45, 7) is 25.8. The van der Waals surface area contributed by atoms with Crippen LogP contribution in [0.25, 0.3) is 0 Å². The van der Waals surface area contributed by atoms with Crippen LogP contribution in [-0.2, 0) is 14.3 Å². The molecule has 7 nitrogen and oxygen atoms in total. The maximum absolute atomic E-state index is 12.0. The van der Waals surface area contributed by atoms with E-state index < -0.39 is 17.4 Å². The third-order valence-electron chi connectivity index (χ3n) is 17.3. The molecule has 0 aromatic heterocycles. The van der Waals surface area contributed by atoms with Crippen LogP contribution in [0.15, 0.2) is 35.5 Å². The fourth-order valence-electron chi connectivity index (χ4n) is 14.5. The number of carboxylic acid groups (broad SMARTS) is 2. The first-order chi connectivity index (χ1) is 23.6. The van der Waals surface area contributed by atoms with Gasteiger partial charge in [-0.15, -0.1) is 0 Å². The van der Waals surface area contributed by atoms with Crippen LogP contribution in [-0.4, -0.2) is 72.0 Å². The minimum atomic E-state index is -1.70. The van der Waals surface area contributed by atoms with Gasteiger partial charge in [0.15, 0.2) is 5.41 Å². The maximum atomic E-state index is 12.0. The van der Waals surface area contributed by atoms with Gasteiger partial charge in [-0.1, -0.05) is 58.9 Å². The monoisotopic (exact) mass is 690 g/mol. The SMILES string of the molecule is C=C(C)[C@@H]1CC[C@]2(NCCN3CCOCC3)CC[C@]3(C)[C@H](CC[C@@H]4[C@@]5(C)CC=C(C6=CCC(C(=O)O)(C(=O)O)CC6)C(C)(C)[C@@H]5CC[C@]43C)[C@@H]12. The highest BCUT2D eigenvalue weighted by atomic mass is 16.5. The molecule has 1 aliphatic heterocycles. The van der Waals surface area contributed by atoms with Gasteiger partial charge < -0.3 is 20.3 Å². The highest BCUT2D eigenvalue weighted by Gasteiger charge is 2.70. The molecule has 1 saturated heterocycles. The Morgan fingerprint density at radius 2 is 1.60 bits per heavy atom. The molecule has 7 heteroatoms. The van der Waals surface area contributed by atoms with Gasteiger partial charge in [0.25, 0.3) is 0 Å². The standard InChI is InChI=1S/C43H66N2O5/c1-28(2)30-12-19-43(44-22-23-45-24-26-50-27-25-45)21-20-40(6)32(35(30)43)8-9-34-39(5)15-13-31(38(3,4)33(39)14-16-41(34,40)7)29-10-17-42(18-11-29,36(46)47)37(48)49/h10,13,30,32-35,44H,1,8-9,11-12,14-27H2,2-7H3,(H,46,47)(H,48,49)/t30-,32+,33-,34+,35+,39-,40+,41+,43-/m0/s1.